The van der Waals surface area contributed by atoms with Gasteiger partial charge in [0.15, 0.2) is 11.6 Å². The van der Waals surface area contributed by atoms with E-state index in [9.17, 15) is 14.3 Å². The number of hydrogen-bond acceptors (Lipinski definition) is 5. The molecule has 1 N–H and O–H groups in total. The van der Waals surface area contributed by atoms with Crippen molar-refractivity contribution in [1.29, 1.82) is 0 Å². The van der Waals surface area contributed by atoms with E-state index in [-0.39, 0.29) is 17.6 Å². The third kappa shape index (κ3) is 5.72. The van der Waals surface area contributed by atoms with Crippen molar-refractivity contribution in [3.8, 4) is 17.2 Å². The van der Waals surface area contributed by atoms with E-state index in [1.165, 1.54) is 7.11 Å². The number of rotatable bonds is 6. The molecule has 0 spiro atoms. The summed E-state index contributed by atoms with van der Waals surface area (Å²) < 4.78 is 31.6. The highest BCUT2D eigenvalue weighted by molar-refractivity contribution is 5.73. The van der Waals surface area contributed by atoms with Crippen molar-refractivity contribution >= 4 is 5.97 Å². The van der Waals surface area contributed by atoms with Gasteiger partial charge in [0.2, 0.25) is 0 Å². The number of fused-ring (bicyclic) bond motifs is 2. The van der Waals surface area contributed by atoms with Crippen LogP contribution in [0.3, 0.4) is 0 Å². The fourth-order valence-electron chi connectivity index (χ4n) is 5.11. The fraction of sp³-hybridized carbons (Fsp3) is 0.536. The second kappa shape index (κ2) is 11.3. The zero-order chi connectivity index (χ0) is 25.8. The summed E-state index contributed by atoms with van der Waals surface area (Å²) in [6.45, 7) is 10.0. The number of carbonyl (C=O) groups is 1. The minimum Gasteiger partial charge on any atom is -0.497 e. The van der Waals surface area contributed by atoms with Crippen molar-refractivity contribution in [3.05, 3.63) is 52.8 Å². The summed E-state index contributed by atoms with van der Waals surface area (Å²) in [5.41, 5.74) is 2.20. The van der Waals surface area contributed by atoms with Crippen molar-refractivity contribution in [2.24, 2.45) is 11.3 Å². The lowest BCUT2D eigenvalue weighted by molar-refractivity contribution is -0.148. The summed E-state index contributed by atoms with van der Waals surface area (Å²) in [4.78, 5) is 13.8. The number of nitrogens with zero attached hydrogens (tertiary/aromatic N) is 1. The summed E-state index contributed by atoms with van der Waals surface area (Å²) in [6, 6.07) is 9.20. The maximum atomic E-state index is 14.8. The number of aliphatic carboxylic acids is 1. The van der Waals surface area contributed by atoms with Crippen LogP contribution in [0.15, 0.2) is 30.3 Å². The first kappa shape index (κ1) is 26.8. The molecule has 1 unspecified atom stereocenters. The summed E-state index contributed by atoms with van der Waals surface area (Å²) >= 11 is 0. The van der Waals surface area contributed by atoms with Gasteiger partial charge < -0.3 is 24.2 Å². The van der Waals surface area contributed by atoms with Gasteiger partial charge in [-0.15, -0.1) is 0 Å². The molecule has 0 saturated carbocycles. The van der Waals surface area contributed by atoms with Crippen molar-refractivity contribution < 1.29 is 28.5 Å². The minimum atomic E-state index is -0.793. The molecule has 2 aliphatic rings. The number of carboxylic acids is 1. The van der Waals surface area contributed by atoms with Crippen LogP contribution in [0.25, 0.3) is 0 Å². The first-order valence-corrected chi connectivity index (χ1v) is 12.4. The number of hydrogen-bond donors (Lipinski definition) is 1. The number of carboxylic acid groups (broad SMARTS) is 1. The molecule has 0 amide bonds. The highest BCUT2D eigenvalue weighted by atomic mass is 19.1. The quantitative estimate of drug-likeness (QED) is 0.562. The third-order valence-electron chi connectivity index (χ3n) is 6.99. The molecule has 0 radical (unpaired) electrons. The molecule has 2 aliphatic heterocycles. The SMILES string of the molecule is CC.COc1ccc2c(c1)COc1cc(OC)c(F)cc1C2C1CCN(CC(C)(C)C(=O)O)CC1. The van der Waals surface area contributed by atoms with Crippen LogP contribution in [-0.4, -0.2) is 49.8 Å². The number of halogens is 1. The molecule has 2 aromatic carbocycles. The topological polar surface area (TPSA) is 68.2 Å². The predicted molar refractivity (Wildman–Crippen MR) is 134 cm³/mol. The lowest BCUT2D eigenvalue weighted by Crippen LogP contribution is -2.43. The van der Waals surface area contributed by atoms with Gasteiger partial charge in [0.05, 0.1) is 19.6 Å². The van der Waals surface area contributed by atoms with Crippen LogP contribution < -0.4 is 14.2 Å². The van der Waals surface area contributed by atoms with Crippen molar-refractivity contribution in [2.75, 3.05) is 33.9 Å². The van der Waals surface area contributed by atoms with Gasteiger partial charge in [0.1, 0.15) is 18.1 Å². The molecule has 0 bridgehead atoms. The molecular formula is C28H38FNO5. The van der Waals surface area contributed by atoms with Crippen LogP contribution in [0.1, 0.15) is 63.1 Å². The van der Waals surface area contributed by atoms with Crippen LogP contribution in [0.5, 0.6) is 17.2 Å². The first-order chi connectivity index (χ1) is 16.7. The fourth-order valence-corrected chi connectivity index (χ4v) is 5.11. The van der Waals surface area contributed by atoms with Gasteiger partial charge in [-0.1, -0.05) is 19.9 Å². The van der Waals surface area contributed by atoms with Gasteiger partial charge in [-0.05, 0) is 75.0 Å². The molecule has 2 heterocycles. The number of piperidine rings is 1. The van der Waals surface area contributed by atoms with E-state index in [4.69, 9.17) is 14.2 Å². The van der Waals surface area contributed by atoms with E-state index in [1.54, 1.807) is 33.1 Å². The summed E-state index contributed by atoms with van der Waals surface area (Å²) in [5, 5.41) is 9.49. The summed E-state index contributed by atoms with van der Waals surface area (Å²) in [5.74, 6) is 0.628. The second-order valence-electron chi connectivity index (χ2n) is 9.66. The van der Waals surface area contributed by atoms with Crippen LogP contribution >= 0.6 is 0 Å². The Morgan fingerprint density at radius 1 is 1.11 bits per heavy atom. The van der Waals surface area contributed by atoms with Gasteiger partial charge in [0, 0.05) is 24.1 Å². The molecule has 192 valence electrons. The summed E-state index contributed by atoms with van der Waals surface area (Å²) in [7, 11) is 3.09. The predicted octanol–water partition coefficient (Wildman–Crippen LogP) is 5.72. The number of methoxy groups -OCH3 is 2. The van der Waals surface area contributed by atoms with E-state index in [1.807, 2.05) is 26.0 Å². The molecule has 4 rings (SSSR count). The largest absolute Gasteiger partial charge is 0.497 e. The highest BCUT2D eigenvalue weighted by Crippen LogP contribution is 2.47. The molecule has 35 heavy (non-hydrogen) atoms. The molecule has 0 aliphatic carbocycles. The molecule has 0 aromatic heterocycles. The highest BCUT2D eigenvalue weighted by Gasteiger charge is 2.37. The number of likely N-dealkylation sites (tertiary alicyclic amines) is 1. The van der Waals surface area contributed by atoms with E-state index >= 15 is 0 Å². The molecule has 6 nitrogen and oxygen atoms in total. The van der Waals surface area contributed by atoms with Crippen LogP contribution in [0, 0.1) is 17.2 Å². The van der Waals surface area contributed by atoms with Gasteiger partial charge in [-0.3, -0.25) is 4.79 Å². The lowest BCUT2D eigenvalue weighted by atomic mass is 9.74. The number of benzene rings is 2. The Bertz CT molecular complexity index is 1030. The Hall–Kier alpha value is -2.80. The van der Waals surface area contributed by atoms with Gasteiger partial charge in [0.25, 0.3) is 0 Å². The van der Waals surface area contributed by atoms with Crippen LogP contribution in [0.2, 0.25) is 0 Å². The Labute approximate surface area is 208 Å². The Morgan fingerprint density at radius 2 is 1.80 bits per heavy atom. The maximum Gasteiger partial charge on any atom is 0.310 e. The average Bonchev–Trinajstić information content (AvgIpc) is 3.01. The second-order valence-corrected chi connectivity index (χ2v) is 9.66. The first-order valence-electron chi connectivity index (χ1n) is 12.4. The minimum absolute atomic E-state index is 0.0292. The molecule has 1 atom stereocenters. The standard InChI is InChI=1S/C26H32FNO5.C2H6/c1-26(2,25(29)30)15-28-9-7-16(8-10-28)24-19-6-5-18(31-3)11-17(19)14-33-22-13-23(32-4)21(27)12-20(22)24;1-2/h5-6,11-13,16,24H,7-10,14-15H2,1-4H3,(H,29,30);1-2H3. The molecular weight excluding hydrogens is 449 g/mol. The van der Waals surface area contributed by atoms with Crippen molar-refractivity contribution in [3.63, 3.8) is 0 Å². The molecule has 2 aromatic rings. The molecule has 1 saturated heterocycles. The van der Waals surface area contributed by atoms with Crippen LogP contribution in [0.4, 0.5) is 4.39 Å². The molecule has 7 heteroatoms. The van der Waals surface area contributed by atoms with E-state index in [2.05, 4.69) is 11.0 Å². The third-order valence-corrected chi connectivity index (χ3v) is 6.99. The zero-order valence-electron chi connectivity index (χ0n) is 21.7. The Kier molecular flexibility index (Phi) is 8.65. The van der Waals surface area contributed by atoms with Gasteiger partial charge >= 0.3 is 5.97 Å². The van der Waals surface area contributed by atoms with Crippen LogP contribution in [-0.2, 0) is 11.4 Å². The van der Waals surface area contributed by atoms with E-state index in [0.29, 0.717) is 18.9 Å². The van der Waals surface area contributed by atoms with Crippen molar-refractivity contribution in [2.45, 2.75) is 53.1 Å². The van der Waals surface area contributed by atoms with E-state index < -0.39 is 17.2 Å². The smallest absolute Gasteiger partial charge is 0.310 e. The monoisotopic (exact) mass is 487 g/mol. The zero-order valence-corrected chi connectivity index (χ0v) is 21.7. The average molecular weight is 488 g/mol. The Morgan fingerprint density at radius 3 is 2.40 bits per heavy atom. The normalized spacial score (nSPS) is 18.2. The van der Waals surface area contributed by atoms with E-state index in [0.717, 1.165) is 48.4 Å². The van der Waals surface area contributed by atoms with Crippen molar-refractivity contribution in [1.82, 2.24) is 4.90 Å². The van der Waals surface area contributed by atoms with Gasteiger partial charge in [-0.25, -0.2) is 4.39 Å². The summed E-state index contributed by atoms with van der Waals surface area (Å²) in [6.07, 6.45) is 1.78. The maximum absolute atomic E-state index is 14.8. The number of ether oxygens (including phenoxy) is 3. The van der Waals surface area contributed by atoms with Gasteiger partial charge in [-0.2, -0.15) is 0 Å². The Balaban J connectivity index is 0.00000167. The molecule has 1 fully saturated rings. The lowest BCUT2D eigenvalue weighted by Gasteiger charge is -2.39.